The van der Waals surface area contributed by atoms with E-state index in [1.54, 1.807) is 0 Å². The van der Waals surface area contributed by atoms with Crippen molar-refractivity contribution in [3.05, 3.63) is 34.4 Å². The first kappa shape index (κ1) is 15.7. The van der Waals surface area contributed by atoms with Gasteiger partial charge in [0.1, 0.15) is 6.04 Å². The Morgan fingerprint density at radius 1 is 1.26 bits per heavy atom. The Morgan fingerprint density at radius 2 is 1.84 bits per heavy atom. The summed E-state index contributed by atoms with van der Waals surface area (Å²) in [4.78, 5) is 10.6. The predicted octanol–water partition coefficient (Wildman–Crippen LogP) is 1.55. The van der Waals surface area contributed by atoms with E-state index in [0.29, 0.717) is 13.0 Å². The normalized spacial score (nSPS) is 12.4. The monoisotopic (exact) mass is 264 g/mol. The summed E-state index contributed by atoms with van der Waals surface area (Å²) in [6, 6.07) is 3.63. The minimum Gasteiger partial charge on any atom is -0.480 e. The molecule has 19 heavy (non-hydrogen) atoms. The van der Waals surface area contributed by atoms with Crippen molar-refractivity contribution in [1.29, 1.82) is 0 Å². The third-order valence-electron chi connectivity index (χ3n) is 3.34. The molecule has 106 valence electrons. The maximum atomic E-state index is 10.6. The Balaban J connectivity index is 2.36. The number of rotatable bonds is 7. The molecule has 0 aliphatic rings. The van der Waals surface area contributed by atoms with Crippen LogP contribution in [0.25, 0.3) is 0 Å². The van der Waals surface area contributed by atoms with Crippen molar-refractivity contribution in [2.45, 2.75) is 39.7 Å². The van der Waals surface area contributed by atoms with Crippen molar-refractivity contribution in [3.63, 3.8) is 0 Å². The second-order valence-corrected chi connectivity index (χ2v) is 5.11. The standard InChI is InChI=1S/C15H24N2O2/c1-10-8-11(2)13(12(3)9-10)4-6-17-7-5-14(16)15(18)19/h8-9,14,17H,4-7,16H2,1-3H3,(H,18,19). The molecule has 0 aliphatic carbocycles. The summed E-state index contributed by atoms with van der Waals surface area (Å²) in [5.74, 6) is -0.938. The van der Waals surface area contributed by atoms with E-state index < -0.39 is 12.0 Å². The van der Waals surface area contributed by atoms with E-state index >= 15 is 0 Å². The summed E-state index contributed by atoms with van der Waals surface area (Å²) in [6.07, 6.45) is 1.42. The average molecular weight is 264 g/mol. The van der Waals surface area contributed by atoms with Gasteiger partial charge in [-0.15, -0.1) is 0 Å². The van der Waals surface area contributed by atoms with Gasteiger partial charge in [0.15, 0.2) is 0 Å². The molecule has 0 saturated heterocycles. The topological polar surface area (TPSA) is 75.3 Å². The maximum Gasteiger partial charge on any atom is 0.320 e. The number of aliphatic carboxylic acids is 1. The van der Waals surface area contributed by atoms with Crippen LogP contribution in [0.5, 0.6) is 0 Å². The molecule has 0 aliphatic heterocycles. The van der Waals surface area contributed by atoms with Crippen molar-refractivity contribution in [1.82, 2.24) is 5.32 Å². The first-order valence-electron chi connectivity index (χ1n) is 6.67. The lowest BCUT2D eigenvalue weighted by molar-refractivity contribution is -0.138. The van der Waals surface area contributed by atoms with Crippen molar-refractivity contribution in [2.24, 2.45) is 5.73 Å². The lowest BCUT2D eigenvalue weighted by atomic mass is 9.97. The molecule has 1 aromatic carbocycles. The van der Waals surface area contributed by atoms with Crippen LogP contribution < -0.4 is 11.1 Å². The van der Waals surface area contributed by atoms with Crippen LogP contribution in [0.2, 0.25) is 0 Å². The number of carboxylic acid groups (broad SMARTS) is 1. The Labute approximate surface area is 115 Å². The second kappa shape index (κ2) is 7.26. The van der Waals surface area contributed by atoms with Crippen LogP contribution >= 0.6 is 0 Å². The van der Waals surface area contributed by atoms with E-state index in [1.807, 2.05) is 0 Å². The number of benzene rings is 1. The molecule has 1 unspecified atom stereocenters. The highest BCUT2D eigenvalue weighted by molar-refractivity contribution is 5.72. The van der Waals surface area contributed by atoms with Crippen LogP contribution in [0.3, 0.4) is 0 Å². The molecule has 0 fully saturated rings. The van der Waals surface area contributed by atoms with Crippen LogP contribution in [-0.4, -0.2) is 30.2 Å². The molecule has 1 rings (SSSR count). The third kappa shape index (κ3) is 5.01. The van der Waals surface area contributed by atoms with Gasteiger partial charge in [0.2, 0.25) is 0 Å². The molecule has 0 bridgehead atoms. The number of nitrogens with two attached hydrogens (primary N) is 1. The van der Waals surface area contributed by atoms with Crippen LogP contribution in [-0.2, 0) is 11.2 Å². The van der Waals surface area contributed by atoms with Gasteiger partial charge in [-0.25, -0.2) is 0 Å². The van der Waals surface area contributed by atoms with Gasteiger partial charge >= 0.3 is 5.97 Å². The van der Waals surface area contributed by atoms with E-state index in [4.69, 9.17) is 10.8 Å². The molecule has 1 atom stereocenters. The highest BCUT2D eigenvalue weighted by atomic mass is 16.4. The fourth-order valence-corrected chi connectivity index (χ4v) is 2.32. The van der Waals surface area contributed by atoms with Gasteiger partial charge in [-0.1, -0.05) is 17.7 Å². The van der Waals surface area contributed by atoms with Crippen LogP contribution in [0.4, 0.5) is 0 Å². The van der Waals surface area contributed by atoms with Gasteiger partial charge in [-0.3, -0.25) is 4.79 Å². The third-order valence-corrected chi connectivity index (χ3v) is 3.34. The van der Waals surface area contributed by atoms with Gasteiger partial charge < -0.3 is 16.2 Å². The molecule has 0 amide bonds. The minimum atomic E-state index is -0.938. The van der Waals surface area contributed by atoms with Crippen LogP contribution in [0.15, 0.2) is 12.1 Å². The fraction of sp³-hybridized carbons (Fsp3) is 0.533. The lowest BCUT2D eigenvalue weighted by Crippen LogP contribution is -2.34. The number of nitrogens with one attached hydrogen (secondary N) is 1. The number of hydrogen-bond donors (Lipinski definition) is 3. The Kier molecular flexibility index (Phi) is 5.99. The molecule has 4 nitrogen and oxygen atoms in total. The summed E-state index contributed by atoms with van der Waals surface area (Å²) < 4.78 is 0. The Morgan fingerprint density at radius 3 is 2.37 bits per heavy atom. The summed E-state index contributed by atoms with van der Waals surface area (Å²) >= 11 is 0. The summed E-state index contributed by atoms with van der Waals surface area (Å²) in [5, 5.41) is 11.9. The minimum absolute atomic E-state index is 0.460. The van der Waals surface area contributed by atoms with Crippen molar-refractivity contribution >= 4 is 5.97 Å². The van der Waals surface area contributed by atoms with E-state index in [2.05, 4.69) is 38.2 Å². The zero-order valence-corrected chi connectivity index (χ0v) is 12.0. The van der Waals surface area contributed by atoms with E-state index in [1.165, 1.54) is 22.3 Å². The number of carboxylic acids is 1. The summed E-state index contributed by atoms with van der Waals surface area (Å²) in [7, 11) is 0. The molecule has 0 spiro atoms. The van der Waals surface area contributed by atoms with E-state index in [9.17, 15) is 4.79 Å². The fourth-order valence-electron chi connectivity index (χ4n) is 2.32. The van der Waals surface area contributed by atoms with Crippen LogP contribution in [0, 0.1) is 20.8 Å². The van der Waals surface area contributed by atoms with Crippen LogP contribution in [0.1, 0.15) is 28.7 Å². The lowest BCUT2D eigenvalue weighted by Gasteiger charge is -2.12. The molecule has 4 heteroatoms. The quantitative estimate of drug-likeness (QED) is 0.653. The first-order chi connectivity index (χ1) is 8.91. The van der Waals surface area contributed by atoms with Gasteiger partial charge in [0.05, 0.1) is 0 Å². The van der Waals surface area contributed by atoms with E-state index in [0.717, 1.165) is 13.0 Å². The second-order valence-electron chi connectivity index (χ2n) is 5.11. The van der Waals surface area contributed by atoms with Gasteiger partial charge in [0, 0.05) is 0 Å². The molecule has 0 heterocycles. The molecular formula is C15H24N2O2. The smallest absolute Gasteiger partial charge is 0.320 e. The highest BCUT2D eigenvalue weighted by Gasteiger charge is 2.10. The summed E-state index contributed by atoms with van der Waals surface area (Å²) in [6.45, 7) is 7.86. The van der Waals surface area contributed by atoms with Gasteiger partial charge in [-0.05, 0) is 63.4 Å². The van der Waals surface area contributed by atoms with E-state index in [-0.39, 0.29) is 0 Å². The molecule has 4 N–H and O–H groups in total. The molecule has 0 aromatic heterocycles. The highest BCUT2D eigenvalue weighted by Crippen LogP contribution is 2.16. The SMILES string of the molecule is Cc1cc(C)c(CCNCCC(N)C(=O)O)c(C)c1. The Bertz CT molecular complexity index is 421. The molecule has 0 saturated carbocycles. The predicted molar refractivity (Wildman–Crippen MR) is 77.5 cm³/mol. The first-order valence-corrected chi connectivity index (χ1v) is 6.67. The zero-order valence-electron chi connectivity index (χ0n) is 12.0. The van der Waals surface area contributed by atoms with Crippen molar-refractivity contribution < 1.29 is 9.90 Å². The number of carbonyl (C=O) groups is 1. The average Bonchev–Trinajstić information content (AvgIpc) is 2.30. The van der Waals surface area contributed by atoms with Crippen molar-refractivity contribution in [2.75, 3.05) is 13.1 Å². The Hall–Kier alpha value is -1.39. The van der Waals surface area contributed by atoms with Gasteiger partial charge in [0.25, 0.3) is 0 Å². The largest absolute Gasteiger partial charge is 0.480 e. The molecule has 0 radical (unpaired) electrons. The molecular weight excluding hydrogens is 240 g/mol. The van der Waals surface area contributed by atoms with Crippen molar-refractivity contribution in [3.8, 4) is 0 Å². The summed E-state index contributed by atoms with van der Waals surface area (Å²) in [5.41, 5.74) is 10.7. The molecule has 1 aromatic rings. The van der Waals surface area contributed by atoms with Gasteiger partial charge in [-0.2, -0.15) is 0 Å². The number of aryl methyl sites for hydroxylation is 3. The number of hydrogen-bond acceptors (Lipinski definition) is 3. The zero-order chi connectivity index (χ0) is 14.4. The maximum absolute atomic E-state index is 10.6.